The molecule has 2 heterocycles. The van der Waals surface area contributed by atoms with Gasteiger partial charge in [-0.2, -0.15) is 0 Å². The summed E-state index contributed by atoms with van der Waals surface area (Å²) in [5.74, 6) is -0.464. The Kier molecular flexibility index (Phi) is 3.57. The van der Waals surface area contributed by atoms with E-state index < -0.39 is 5.97 Å². The van der Waals surface area contributed by atoms with Gasteiger partial charge in [-0.25, -0.2) is 14.8 Å². The number of carboxylic acids is 1. The molecule has 0 spiro atoms. The van der Waals surface area contributed by atoms with Crippen LogP contribution in [0.4, 0.5) is 5.82 Å². The molecule has 6 nitrogen and oxygen atoms in total. The Morgan fingerprint density at radius 1 is 1.50 bits per heavy atom. The minimum absolute atomic E-state index is 0.0397. The third kappa shape index (κ3) is 3.07. The summed E-state index contributed by atoms with van der Waals surface area (Å²) in [5, 5.41) is 11.9. The smallest absolute Gasteiger partial charge is 0.354 e. The molecular formula is C12H14N4O2. The quantitative estimate of drug-likeness (QED) is 0.827. The van der Waals surface area contributed by atoms with Gasteiger partial charge in [0.05, 0.1) is 12.0 Å². The molecule has 0 fully saturated rings. The number of imidazole rings is 1. The van der Waals surface area contributed by atoms with Crippen molar-refractivity contribution >= 4 is 11.8 Å². The van der Waals surface area contributed by atoms with Gasteiger partial charge in [0, 0.05) is 26.2 Å². The van der Waals surface area contributed by atoms with E-state index in [0.29, 0.717) is 12.4 Å². The van der Waals surface area contributed by atoms with Crippen LogP contribution in [0.1, 0.15) is 16.2 Å². The molecule has 18 heavy (non-hydrogen) atoms. The predicted molar refractivity (Wildman–Crippen MR) is 66.6 cm³/mol. The van der Waals surface area contributed by atoms with Crippen LogP contribution in [-0.2, 0) is 13.5 Å². The molecule has 0 amide bonds. The van der Waals surface area contributed by atoms with Crippen LogP contribution in [0.25, 0.3) is 0 Å². The summed E-state index contributed by atoms with van der Waals surface area (Å²) in [6.45, 7) is 0.660. The van der Waals surface area contributed by atoms with Crippen LogP contribution in [0.3, 0.4) is 0 Å². The van der Waals surface area contributed by atoms with Gasteiger partial charge in [0.2, 0.25) is 0 Å². The molecule has 0 unspecified atom stereocenters. The number of carboxylic acid groups (broad SMARTS) is 1. The van der Waals surface area contributed by atoms with E-state index in [1.54, 1.807) is 18.5 Å². The Labute approximate surface area is 104 Å². The van der Waals surface area contributed by atoms with Crippen molar-refractivity contribution in [1.29, 1.82) is 0 Å². The molecule has 0 aliphatic rings. The highest BCUT2D eigenvalue weighted by atomic mass is 16.4. The Morgan fingerprint density at radius 3 is 3.00 bits per heavy atom. The first-order valence-corrected chi connectivity index (χ1v) is 5.56. The number of hydrogen-bond acceptors (Lipinski definition) is 4. The summed E-state index contributed by atoms with van der Waals surface area (Å²) >= 11 is 0. The molecule has 0 radical (unpaired) electrons. The zero-order valence-electron chi connectivity index (χ0n) is 10.00. The molecule has 2 aromatic rings. The van der Waals surface area contributed by atoms with Gasteiger partial charge in [-0.05, 0) is 12.1 Å². The molecule has 2 rings (SSSR count). The van der Waals surface area contributed by atoms with E-state index in [1.165, 1.54) is 6.07 Å². The van der Waals surface area contributed by atoms with Gasteiger partial charge < -0.3 is 15.0 Å². The maximum atomic E-state index is 10.7. The standard InChI is InChI=1S/C12H14N4O2/c1-16-7-9(14-8-16)5-6-13-11-4-2-3-10(15-11)12(17)18/h2-4,7-8H,5-6H2,1H3,(H,13,15)(H,17,18). The lowest BCUT2D eigenvalue weighted by molar-refractivity contribution is 0.0690. The van der Waals surface area contributed by atoms with Crippen LogP contribution >= 0.6 is 0 Å². The number of nitrogens with zero attached hydrogens (tertiary/aromatic N) is 3. The number of aromatic nitrogens is 3. The Hall–Kier alpha value is -2.37. The van der Waals surface area contributed by atoms with Gasteiger partial charge in [-0.1, -0.05) is 6.07 Å². The summed E-state index contributed by atoms with van der Waals surface area (Å²) in [5.41, 5.74) is 1.03. The van der Waals surface area contributed by atoms with E-state index in [1.807, 2.05) is 17.8 Å². The van der Waals surface area contributed by atoms with Gasteiger partial charge in [-0.3, -0.25) is 0 Å². The normalized spacial score (nSPS) is 10.3. The molecule has 0 saturated heterocycles. The highest BCUT2D eigenvalue weighted by Gasteiger charge is 2.04. The van der Waals surface area contributed by atoms with Gasteiger partial charge in [0.15, 0.2) is 5.69 Å². The number of anilines is 1. The topological polar surface area (TPSA) is 80.0 Å². The number of carbonyl (C=O) groups is 1. The lowest BCUT2D eigenvalue weighted by Gasteiger charge is -2.04. The summed E-state index contributed by atoms with van der Waals surface area (Å²) in [4.78, 5) is 18.9. The van der Waals surface area contributed by atoms with Crippen LogP contribution in [0.15, 0.2) is 30.7 Å². The molecule has 6 heteroatoms. The second-order valence-electron chi connectivity index (χ2n) is 3.92. The summed E-state index contributed by atoms with van der Waals surface area (Å²) in [6, 6.07) is 4.87. The molecule has 0 atom stereocenters. The molecule has 0 aromatic carbocycles. The minimum Gasteiger partial charge on any atom is -0.477 e. The van der Waals surface area contributed by atoms with Gasteiger partial charge >= 0.3 is 5.97 Å². The summed E-state index contributed by atoms with van der Waals surface area (Å²) < 4.78 is 1.89. The fraction of sp³-hybridized carbons (Fsp3) is 0.250. The largest absolute Gasteiger partial charge is 0.477 e. The monoisotopic (exact) mass is 246 g/mol. The van der Waals surface area contributed by atoms with E-state index in [2.05, 4.69) is 15.3 Å². The van der Waals surface area contributed by atoms with Crippen LogP contribution < -0.4 is 5.32 Å². The predicted octanol–water partition coefficient (Wildman–Crippen LogP) is 1.17. The molecule has 2 aromatic heterocycles. The molecular weight excluding hydrogens is 232 g/mol. The highest BCUT2D eigenvalue weighted by Crippen LogP contribution is 2.05. The van der Waals surface area contributed by atoms with Gasteiger partial charge in [0.1, 0.15) is 5.82 Å². The maximum absolute atomic E-state index is 10.7. The van der Waals surface area contributed by atoms with E-state index in [4.69, 9.17) is 5.11 Å². The number of rotatable bonds is 5. The van der Waals surface area contributed by atoms with Crippen molar-refractivity contribution in [2.75, 3.05) is 11.9 Å². The fourth-order valence-corrected chi connectivity index (χ4v) is 1.57. The SMILES string of the molecule is Cn1cnc(CCNc2cccc(C(=O)O)n2)c1. The number of hydrogen-bond donors (Lipinski definition) is 2. The van der Waals surface area contributed by atoms with Crippen LogP contribution in [0.5, 0.6) is 0 Å². The molecule has 0 saturated carbocycles. The molecule has 0 aliphatic heterocycles. The molecule has 0 aliphatic carbocycles. The van der Waals surface area contributed by atoms with Crippen molar-refractivity contribution in [3.63, 3.8) is 0 Å². The summed E-state index contributed by atoms with van der Waals surface area (Å²) in [7, 11) is 1.92. The fourth-order valence-electron chi connectivity index (χ4n) is 1.57. The van der Waals surface area contributed by atoms with E-state index in [-0.39, 0.29) is 5.69 Å². The number of nitrogens with one attached hydrogen (secondary N) is 1. The molecule has 2 N–H and O–H groups in total. The zero-order chi connectivity index (χ0) is 13.0. The first kappa shape index (κ1) is 12.1. The summed E-state index contributed by atoms with van der Waals surface area (Å²) in [6.07, 6.45) is 4.46. The van der Waals surface area contributed by atoms with Crippen LogP contribution in [-0.4, -0.2) is 32.2 Å². The second-order valence-corrected chi connectivity index (χ2v) is 3.92. The van der Waals surface area contributed by atoms with E-state index in [9.17, 15) is 4.79 Å². The highest BCUT2D eigenvalue weighted by molar-refractivity contribution is 5.85. The van der Waals surface area contributed by atoms with E-state index >= 15 is 0 Å². The number of aryl methyl sites for hydroxylation is 1. The molecule has 94 valence electrons. The lowest BCUT2D eigenvalue weighted by Crippen LogP contribution is -2.08. The van der Waals surface area contributed by atoms with Gasteiger partial charge in [-0.15, -0.1) is 0 Å². The van der Waals surface area contributed by atoms with Crippen LogP contribution in [0, 0.1) is 0 Å². The third-order valence-electron chi connectivity index (χ3n) is 2.41. The van der Waals surface area contributed by atoms with Crippen molar-refractivity contribution in [3.05, 3.63) is 42.1 Å². The van der Waals surface area contributed by atoms with Gasteiger partial charge in [0.25, 0.3) is 0 Å². The van der Waals surface area contributed by atoms with E-state index in [0.717, 1.165) is 12.1 Å². The molecule has 0 bridgehead atoms. The minimum atomic E-state index is -1.02. The Morgan fingerprint density at radius 2 is 2.33 bits per heavy atom. The first-order valence-electron chi connectivity index (χ1n) is 5.56. The average molecular weight is 246 g/mol. The van der Waals surface area contributed by atoms with Crippen molar-refractivity contribution < 1.29 is 9.90 Å². The first-order chi connectivity index (χ1) is 8.65. The Balaban J connectivity index is 1.90. The van der Waals surface area contributed by atoms with Crippen molar-refractivity contribution in [2.45, 2.75) is 6.42 Å². The lowest BCUT2D eigenvalue weighted by atomic mass is 10.3. The van der Waals surface area contributed by atoms with Crippen LogP contribution in [0.2, 0.25) is 0 Å². The average Bonchev–Trinajstić information content (AvgIpc) is 2.75. The third-order valence-corrected chi connectivity index (χ3v) is 2.41. The zero-order valence-corrected chi connectivity index (χ0v) is 10.00. The van der Waals surface area contributed by atoms with Crippen molar-refractivity contribution in [3.8, 4) is 0 Å². The second kappa shape index (κ2) is 5.31. The maximum Gasteiger partial charge on any atom is 0.354 e. The number of aromatic carboxylic acids is 1. The number of pyridine rings is 1. The Bertz CT molecular complexity index is 551. The van der Waals surface area contributed by atoms with Crippen molar-refractivity contribution in [2.24, 2.45) is 7.05 Å². The van der Waals surface area contributed by atoms with Crippen molar-refractivity contribution in [1.82, 2.24) is 14.5 Å².